The number of hydrogen-bond donors (Lipinski definition) is 3. The van der Waals surface area contributed by atoms with Crippen LogP contribution < -0.4 is 17.2 Å². The van der Waals surface area contributed by atoms with Crippen LogP contribution in [0.3, 0.4) is 0 Å². The van der Waals surface area contributed by atoms with Crippen LogP contribution in [-0.2, 0) is 14.4 Å². The van der Waals surface area contributed by atoms with Crippen molar-refractivity contribution in [2.45, 2.75) is 40.0 Å². The number of primary amides is 3. The largest absolute Gasteiger partial charge is 0.369 e. The standard InChI is InChI=1S/C12H23N3O3/c1-4-7(9(13)16)12(6-3,11(15)18)8(5-2)10(14)17/h7-8H,4-6H2,1-3H3,(H2,13,16)(H2,14,17)(H2,15,18). The predicted molar refractivity (Wildman–Crippen MR) is 67.9 cm³/mol. The van der Waals surface area contributed by atoms with Gasteiger partial charge in [0, 0.05) is 0 Å². The molecule has 0 fully saturated rings. The minimum atomic E-state index is -1.29. The Bertz CT molecular complexity index is 319. The van der Waals surface area contributed by atoms with E-state index in [1.165, 1.54) is 0 Å². The van der Waals surface area contributed by atoms with Gasteiger partial charge in [-0.2, -0.15) is 0 Å². The maximum absolute atomic E-state index is 11.9. The molecule has 0 bridgehead atoms. The molecule has 0 aliphatic carbocycles. The molecular formula is C12H23N3O3. The van der Waals surface area contributed by atoms with E-state index < -0.39 is 35.0 Å². The van der Waals surface area contributed by atoms with Gasteiger partial charge >= 0.3 is 0 Å². The molecule has 3 amide bonds. The molecule has 0 saturated heterocycles. The van der Waals surface area contributed by atoms with Gasteiger partial charge in [0.15, 0.2) is 0 Å². The summed E-state index contributed by atoms with van der Waals surface area (Å²) in [5.74, 6) is -3.51. The lowest BCUT2D eigenvalue weighted by atomic mass is 9.62. The molecule has 0 rings (SSSR count). The summed E-state index contributed by atoms with van der Waals surface area (Å²) < 4.78 is 0. The molecule has 2 unspecified atom stereocenters. The summed E-state index contributed by atoms with van der Waals surface area (Å²) in [7, 11) is 0. The zero-order valence-electron chi connectivity index (χ0n) is 11.2. The first-order chi connectivity index (χ1) is 8.29. The van der Waals surface area contributed by atoms with Crippen LogP contribution in [0.5, 0.6) is 0 Å². The van der Waals surface area contributed by atoms with E-state index in [-0.39, 0.29) is 6.42 Å². The van der Waals surface area contributed by atoms with Gasteiger partial charge < -0.3 is 17.2 Å². The van der Waals surface area contributed by atoms with Crippen LogP contribution >= 0.6 is 0 Å². The molecule has 0 aromatic heterocycles. The van der Waals surface area contributed by atoms with Crippen molar-refractivity contribution in [1.29, 1.82) is 0 Å². The molecule has 2 atom stereocenters. The molecule has 0 aliphatic rings. The summed E-state index contributed by atoms with van der Waals surface area (Å²) in [5, 5.41) is 0. The molecule has 0 aliphatic heterocycles. The lowest BCUT2D eigenvalue weighted by molar-refractivity contribution is -0.149. The molecule has 18 heavy (non-hydrogen) atoms. The average Bonchev–Trinajstić information content (AvgIpc) is 2.27. The van der Waals surface area contributed by atoms with E-state index in [9.17, 15) is 14.4 Å². The fraction of sp³-hybridized carbons (Fsp3) is 0.750. The summed E-state index contributed by atoms with van der Waals surface area (Å²) in [5.41, 5.74) is 14.8. The maximum Gasteiger partial charge on any atom is 0.225 e. The summed E-state index contributed by atoms with van der Waals surface area (Å²) in [6.07, 6.45) is 0.941. The van der Waals surface area contributed by atoms with Crippen molar-refractivity contribution in [3.63, 3.8) is 0 Å². The van der Waals surface area contributed by atoms with E-state index in [4.69, 9.17) is 17.2 Å². The van der Waals surface area contributed by atoms with Crippen molar-refractivity contribution < 1.29 is 14.4 Å². The Kier molecular flexibility index (Phi) is 5.81. The highest BCUT2D eigenvalue weighted by molar-refractivity contribution is 5.94. The van der Waals surface area contributed by atoms with Crippen molar-refractivity contribution in [2.24, 2.45) is 34.5 Å². The molecule has 0 aromatic carbocycles. The Balaban J connectivity index is 5.89. The second kappa shape index (κ2) is 6.37. The second-order valence-electron chi connectivity index (χ2n) is 4.48. The molecular weight excluding hydrogens is 234 g/mol. The predicted octanol–water partition coefficient (Wildman–Crippen LogP) is -0.109. The van der Waals surface area contributed by atoms with Gasteiger partial charge in [-0.05, 0) is 19.3 Å². The summed E-state index contributed by atoms with van der Waals surface area (Å²) in [6.45, 7) is 5.18. The molecule has 104 valence electrons. The first kappa shape index (κ1) is 16.4. The lowest BCUT2D eigenvalue weighted by Gasteiger charge is -2.40. The third kappa shape index (κ3) is 2.63. The van der Waals surface area contributed by atoms with Gasteiger partial charge in [0.1, 0.15) is 0 Å². The van der Waals surface area contributed by atoms with Gasteiger partial charge in [0.25, 0.3) is 0 Å². The molecule has 0 radical (unpaired) electrons. The molecule has 6 nitrogen and oxygen atoms in total. The van der Waals surface area contributed by atoms with Gasteiger partial charge in [0.05, 0.1) is 17.3 Å². The minimum Gasteiger partial charge on any atom is -0.369 e. The first-order valence-corrected chi connectivity index (χ1v) is 6.17. The average molecular weight is 257 g/mol. The smallest absolute Gasteiger partial charge is 0.225 e. The second-order valence-corrected chi connectivity index (χ2v) is 4.48. The molecule has 0 aromatic rings. The van der Waals surface area contributed by atoms with Crippen molar-refractivity contribution in [1.82, 2.24) is 0 Å². The van der Waals surface area contributed by atoms with Gasteiger partial charge in [0.2, 0.25) is 17.7 Å². The Hall–Kier alpha value is -1.59. The van der Waals surface area contributed by atoms with Crippen LogP contribution in [0, 0.1) is 17.3 Å². The van der Waals surface area contributed by atoms with Crippen molar-refractivity contribution >= 4 is 17.7 Å². The quantitative estimate of drug-likeness (QED) is 0.561. The summed E-state index contributed by atoms with van der Waals surface area (Å²) >= 11 is 0. The number of hydrogen-bond acceptors (Lipinski definition) is 3. The highest BCUT2D eigenvalue weighted by atomic mass is 16.2. The highest BCUT2D eigenvalue weighted by Crippen LogP contribution is 2.42. The van der Waals surface area contributed by atoms with Crippen LogP contribution in [0.2, 0.25) is 0 Å². The first-order valence-electron chi connectivity index (χ1n) is 6.17. The fourth-order valence-corrected chi connectivity index (χ4v) is 2.89. The zero-order valence-corrected chi connectivity index (χ0v) is 11.2. The van der Waals surface area contributed by atoms with Crippen molar-refractivity contribution in [3.05, 3.63) is 0 Å². The van der Waals surface area contributed by atoms with Gasteiger partial charge in [-0.1, -0.05) is 20.8 Å². The molecule has 0 heterocycles. The minimum absolute atomic E-state index is 0.255. The summed E-state index contributed by atoms with van der Waals surface area (Å²) in [4.78, 5) is 35.0. The van der Waals surface area contributed by atoms with Crippen molar-refractivity contribution in [3.8, 4) is 0 Å². The normalized spacial score (nSPS) is 17.5. The van der Waals surface area contributed by atoms with Crippen LogP contribution in [-0.4, -0.2) is 17.7 Å². The third-order valence-electron chi connectivity index (χ3n) is 3.79. The van der Waals surface area contributed by atoms with Crippen LogP contribution in [0.4, 0.5) is 0 Å². The van der Waals surface area contributed by atoms with E-state index in [2.05, 4.69) is 0 Å². The Morgan fingerprint density at radius 3 is 1.33 bits per heavy atom. The molecule has 0 saturated carbocycles. The Labute approximate surface area is 107 Å². The molecule has 6 heteroatoms. The number of amides is 3. The number of nitrogens with two attached hydrogens (primary N) is 3. The fourth-order valence-electron chi connectivity index (χ4n) is 2.89. The SMILES string of the molecule is CCC(C(N)=O)C(CC)(C(N)=O)C(CC)C(N)=O. The topological polar surface area (TPSA) is 129 Å². The van der Waals surface area contributed by atoms with Gasteiger partial charge in [-0.25, -0.2) is 0 Å². The lowest BCUT2D eigenvalue weighted by Crippen LogP contribution is -2.55. The molecule has 0 spiro atoms. The Morgan fingerprint density at radius 2 is 1.22 bits per heavy atom. The maximum atomic E-state index is 11.9. The summed E-state index contributed by atoms with van der Waals surface area (Å²) in [6, 6.07) is 0. The third-order valence-corrected chi connectivity index (χ3v) is 3.79. The number of carbonyl (C=O) groups excluding carboxylic acids is 3. The van der Waals surface area contributed by atoms with E-state index in [0.29, 0.717) is 12.8 Å². The van der Waals surface area contributed by atoms with E-state index in [1.54, 1.807) is 20.8 Å². The zero-order chi connectivity index (χ0) is 14.5. The Morgan fingerprint density at radius 1 is 0.889 bits per heavy atom. The monoisotopic (exact) mass is 257 g/mol. The van der Waals surface area contributed by atoms with E-state index >= 15 is 0 Å². The number of carbonyl (C=O) groups is 3. The van der Waals surface area contributed by atoms with Crippen LogP contribution in [0.15, 0.2) is 0 Å². The van der Waals surface area contributed by atoms with Crippen LogP contribution in [0.1, 0.15) is 40.0 Å². The van der Waals surface area contributed by atoms with Gasteiger partial charge in [-0.15, -0.1) is 0 Å². The number of rotatable bonds is 8. The van der Waals surface area contributed by atoms with E-state index in [1.807, 2.05) is 0 Å². The van der Waals surface area contributed by atoms with Crippen molar-refractivity contribution in [2.75, 3.05) is 0 Å². The molecule has 6 N–H and O–H groups in total. The van der Waals surface area contributed by atoms with Gasteiger partial charge in [-0.3, -0.25) is 14.4 Å². The van der Waals surface area contributed by atoms with Crippen LogP contribution in [0.25, 0.3) is 0 Å². The highest BCUT2D eigenvalue weighted by Gasteiger charge is 2.52. The van der Waals surface area contributed by atoms with E-state index in [0.717, 1.165) is 0 Å².